The molecule has 3 aromatic rings. The van der Waals surface area contributed by atoms with E-state index >= 15 is 0 Å². The van der Waals surface area contributed by atoms with Crippen molar-refractivity contribution in [2.75, 3.05) is 23.3 Å². The second-order valence-electron chi connectivity index (χ2n) is 7.72. The fourth-order valence-electron chi connectivity index (χ4n) is 4.03. The number of pyridine rings is 2. The van der Waals surface area contributed by atoms with E-state index in [1.165, 1.54) is 18.3 Å². The summed E-state index contributed by atoms with van der Waals surface area (Å²) < 4.78 is 29.2. The third kappa shape index (κ3) is 5.06. The van der Waals surface area contributed by atoms with Crippen molar-refractivity contribution in [2.24, 2.45) is 0 Å². The maximum atomic E-state index is 12.8. The first-order valence-electron chi connectivity index (χ1n) is 10.4. The number of nitriles is 1. The number of carbonyl (C=O) groups is 1. The Bertz CT molecular complexity index is 1210. The Hall–Kier alpha value is -4.06. The molecular formula is C24H21F2N5O2. The molecule has 1 unspecified atom stereocenters. The third-order valence-corrected chi connectivity index (χ3v) is 5.63. The number of rotatable bonds is 6. The number of nitrogens with one attached hydrogen (secondary N) is 1. The molecule has 2 aromatic heterocycles. The highest BCUT2D eigenvalue weighted by molar-refractivity contribution is 6.04. The predicted molar refractivity (Wildman–Crippen MR) is 119 cm³/mol. The molecule has 168 valence electrons. The first-order valence-corrected chi connectivity index (χ1v) is 10.4. The van der Waals surface area contributed by atoms with Gasteiger partial charge in [-0.25, -0.2) is 4.98 Å². The fraction of sp³-hybridized carbons (Fsp3) is 0.250. The molecule has 7 nitrogen and oxygen atoms in total. The van der Waals surface area contributed by atoms with E-state index in [0.29, 0.717) is 17.7 Å². The van der Waals surface area contributed by atoms with E-state index < -0.39 is 12.5 Å². The maximum Gasteiger partial charge on any atom is 0.387 e. The van der Waals surface area contributed by atoms with Crippen LogP contribution < -0.4 is 15.0 Å². The van der Waals surface area contributed by atoms with Crippen molar-refractivity contribution in [1.29, 1.82) is 5.26 Å². The van der Waals surface area contributed by atoms with Gasteiger partial charge in [0.2, 0.25) is 0 Å². The first kappa shape index (κ1) is 22.1. The number of halogens is 2. The third-order valence-electron chi connectivity index (χ3n) is 5.63. The zero-order chi connectivity index (χ0) is 23.4. The van der Waals surface area contributed by atoms with E-state index in [-0.39, 0.29) is 17.5 Å². The largest absolute Gasteiger partial charge is 0.435 e. The zero-order valence-electron chi connectivity index (χ0n) is 17.8. The molecule has 1 aliphatic rings. The lowest BCUT2D eigenvalue weighted by Crippen LogP contribution is -2.21. The number of aryl methyl sites for hydroxylation is 1. The summed E-state index contributed by atoms with van der Waals surface area (Å²) in [7, 11) is 0. The summed E-state index contributed by atoms with van der Waals surface area (Å²) in [4.78, 5) is 23.1. The van der Waals surface area contributed by atoms with Gasteiger partial charge in [0.25, 0.3) is 5.91 Å². The van der Waals surface area contributed by atoms with Gasteiger partial charge in [-0.15, -0.1) is 0 Å². The highest BCUT2D eigenvalue weighted by Crippen LogP contribution is 2.34. The van der Waals surface area contributed by atoms with E-state index in [9.17, 15) is 18.8 Å². The molecule has 0 saturated carbocycles. The Morgan fingerprint density at radius 3 is 2.91 bits per heavy atom. The van der Waals surface area contributed by atoms with Crippen LogP contribution in [0.25, 0.3) is 0 Å². The quantitative estimate of drug-likeness (QED) is 0.596. The molecule has 1 N–H and O–H groups in total. The van der Waals surface area contributed by atoms with Gasteiger partial charge in [0, 0.05) is 43.0 Å². The summed E-state index contributed by atoms with van der Waals surface area (Å²) in [6.07, 6.45) is 5.47. The van der Waals surface area contributed by atoms with Crippen molar-refractivity contribution in [3.63, 3.8) is 0 Å². The van der Waals surface area contributed by atoms with Crippen LogP contribution in [0.1, 0.15) is 39.4 Å². The van der Waals surface area contributed by atoms with E-state index in [2.05, 4.69) is 31.0 Å². The number of carbonyl (C=O) groups excluding carboxylic acids is 1. The average Bonchev–Trinajstić information content (AvgIpc) is 3.29. The van der Waals surface area contributed by atoms with Gasteiger partial charge in [-0.3, -0.25) is 9.78 Å². The number of aromatic nitrogens is 2. The molecule has 3 heterocycles. The van der Waals surface area contributed by atoms with Crippen molar-refractivity contribution in [3.05, 3.63) is 77.2 Å². The van der Waals surface area contributed by atoms with E-state index in [1.54, 1.807) is 24.5 Å². The van der Waals surface area contributed by atoms with Crippen molar-refractivity contribution >= 4 is 17.4 Å². The van der Waals surface area contributed by atoms with Gasteiger partial charge in [-0.05, 0) is 48.7 Å². The SMILES string of the molecule is Cc1ccc(C(=O)Nc2cc(OC(F)F)ccn2)cc1C1CCN(c2cnccc2C#N)C1. The van der Waals surface area contributed by atoms with Gasteiger partial charge in [0.1, 0.15) is 17.6 Å². The molecule has 1 saturated heterocycles. The summed E-state index contributed by atoms with van der Waals surface area (Å²) in [5, 5.41) is 12.0. The van der Waals surface area contributed by atoms with Crippen molar-refractivity contribution in [1.82, 2.24) is 9.97 Å². The van der Waals surface area contributed by atoms with Crippen LogP contribution in [0.5, 0.6) is 5.75 Å². The summed E-state index contributed by atoms with van der Waals surface area (Å²) in [5.74, 6) is -0.178. The standard InChI is InChI=1S/C24H21F2N5O2/c1-15-2-3-16(23(32)30-22-11-19(5-8-29-22)33-24(25)26)10-20(15)18-6-9-31(14-18)21-13-28-7-4-17(21)12-27/h2-5,7-8,10-11,13,18,24H,6,9,14H2,1H3,(H,29,30,32). The Balaban J connectivity index is 1.50. The number of ether oxygens (including phenoxy) is 1. The molecule has 1 atom stereocenters. The Morgan fingerprint density at radius 1 is 1.27 bits per heavy atom. The Labute approximate surface area is 189 Å². The Kier molecular flexibility index (Phi) is 6.45. The topological polar surface area (TPSA) is 91.1 Å². The lowest BCUT2D eigenvalue weighted by atomic mass is 9.92. The number of amides is 1. The van der Waals surface area contributed by atoms with Crippen LogP contribution in [0.4, 0.5) is 20.3 Å². The maximum absolute atomic E-state index is 12.8. The molecule has 0 radical (unpaired) electrons. The molecule has 1 aliphatic heterocycles. The molecule has 1 aromatic carbocycles. The minimum Gasteiger partial charge on any atom is -0.435 e. The smallest absolute Gasteiger partial charge is 0.387 e. The average molecular weight is 449 g/mol. The molecule has 1 amide bonds. The lowest BCUT2D eigenvalue weighted by Gasteiger charge is -2.20. The van der Waals surface area contributed by atoms with Gasteiger partial charge in [-0.1, -0.05) is 6.07 Å². The summed E-state index contributed by atoms with van der Waals surface area (Å²) in [6, 6.07) is 11.9. The highest BCUT2D eigenvalue weighted by atomic mass is 19.3. The minimum atomic E-state index is -2.96. The second kappa shape index (κ2) is 9.61. The number of anilines is 2. The van der Waals surface area contributed by atoms with Crippen molar-refractivity contribution in [3.8, 4) is 11.8 Å². The summed E-state index contributed by atoms with van der Waals surface area (Å²) in [5.41, 5.74) is 3.95. The van der Waals surface area contributed by atoms with Gasteiger partial charge < -0.3 is 15.0 Å². The van der Waals surface area contributed by atoms with Crippen LogP contribution in [-0.2, 0) is 0 Å². The van der Waals surface area contributed by atoms with Gasteiger partial charge in [0.15, 0.2) is 0 Å². The fourth-order valence-corrected chi connectivity index (χ4v) is 4.03. The number of hydrogen-bond donors (Lipinski definition) is 1. The molecule has 1 fully saturated rings. The number of benzene rings is 1. The van der Waals surface area contributed by atoms with E-state index in [0.717, 1.165) is 29.8 Å². The zero-order valence-corrected chi connectivity index (χ0v) is 17.8. The second-order valence-corrected chi connectivity index (χ2v) is 7.72. The molecule has 0 spiro atoms. The van der Waals surface area contributed by atoms with Gasteiger partial charge >= 0.3 is 6.61 Å². The van der Waals surface area contributed by atoms with Crippen LogP contribution in [0.3, 0.4) is 0 Å². The number of alkyl halides is 2. The lowest BCUT2D eigenvalue weighted by molar-refractivity contribution is -0.0498. The highest BCUT2D eigenvalue weighted by Gasteiger charge is 2.27. The normalized spacial score (nSPS) is 15.4. The minimum absolute atomic E-state index is 0.0851. The molecular weight excluding hydrogens is 428 g/mol. The Morgan fingerprint density at radius 2 is 2.12 bits per heavy atom. The van der Waals surface area contributed by atoms with Crippen molar-refractivity contribution in [2.45, 2.75) is 25.9 Å². The summed E-state index contributed by atoms with van der Waals surface area (Å²) >= 11 is 0. The van der Waals surface area contributed by atoms with E-state index in [4.69, 9.17) is 0 Å². The van der Waals surface area contributed by atoms with Crippen LogP contribution in [0.2, 0.25) is 0 Å². The molecule has 4 rings (SSSR count). The van der Waals surface area contributed by atoms with Crippen LogP contribution in [-0.4, -0.2) is 35.6 Å². The first-order chi connectivity index (χ1) is 15.9. The van der Waals surface area contributed by atoms with Crippen LogP contribution >= 0.6 is 0 Å². The predicted octanol–water partition coefficient (Wildman–Crippen LogP) is 4.50. The van der Waals surface area contributed by atoms with Gasteiger partial charge in [-0.2, -0.15) is 14.0 Å². The molecule has 33 heavy (non-hydrogen) atoms. The van der Waals surface area contributed by atoms with Gasteiger partial charge in [0.05, 0.1) is 17.4 Å². The van der Waals surface area contributed by atoms with Crippen LogP contribution in [0, 0.1) is 18.3 Å². The molecule has 9 heteroatoms. The number of nitrogens with zero attached hydrogens (tertiary/aromatic N) is 4. The molecule has 0 bridgehead atoms. The van der Waals surface area contributed by atoms with Crippen LogP contribution in [0.15, 0.2) is 55.0 Å². The monoisotopic (exact) mass is 449 g/mol. The molecule has 0 aliphatic carbocycles. The number of hydrogen-bond acceptors (Lipinski definition) is 6. The van der Waals surface area contributed by atoms with E-state index in [1.807, 2.05) is 19.1 Å². The summed E-state index contributed by atoms with van der Waals surface area (Å²) in [6.45, 7) is 0.525. The van der Waals surface area contributed by atoms with Crippen molar-refractivity contribution < 1.29 is 18.3 Å².